The van der Waals surface area contributed by atoms with E-state index in [4.69, 9.17) is 4.74 Å². The monoisotopic (exact) mass is 376 g/mol. The van der Waals surface area contributed by atoms with Crippen LogP contribution in [0.1, 0.15) is 42.5 Å². The quantitative estimate of drug-likeness (QED) is 0.789. The van der Waals surface area contributed by atoms with Crippen LogP contribution in [0.4, 0.5) is 4.79 Å². The first-order valence-corrected chi connectivity index (χ1v) is 9.23. The summed E-state index contributed by atoms with van der Waals surface area (Å²) in [6.07, 6.45) is 0.954. The van der Waals surface area contributed by atoms with Crippen LogP contribution in [0.2, 0.25) is 0 Å². The molecule has 0 saturated carbocycles. The van der Waals surface area contributed by atoms with E-state index in [0.717, 1.165) is 11.3 Å². The minimum Gasteiger partial charge on any atom is -0.444 e. The lowest BCUT2D eigenvalue weighted by molar-refractivity contribution is 0.0222. The molecule has 0 aromatic carbocycles. The molecule has 2 aliphatic heterocycles. The molecule has 2 atom stereocenters. The molecule has 0 saturated heterocycles. The number of ether oxygens (including phenoxy) is 1. The van der Waals surface area contributed by atoms with Gasteiger partial charge >= 0.3 is 6.09 Å². The highest BCUT2D eigenvalue weighted by Gasteiger charge is 2.36. The Balaban J connectivity index is 1.91. The average Bonchev–Trinajstić information content (AvgIpc) is 2.89. The van der Waals surface area contributed by atoms with Gasteiger partial charge in [0.15, 0.2) is 0 Å². The highest BCUT2D eigenvalue weighted by Crippen LogP contribution is 2.28. The molecule has 148 valence electrons. The highest BCUT2D eigenvalue weighted by molar-refractivity contribution is 5.94. The van der Waals surface area contributed by atoms with Gasteiger partial charge in [0, 0.05) is 44.6 Å². The average molecular weight is 376 g/mol. The van der Waals surface area contributed by atoms with Crippen molar-refractivity contribution >= 4 is 12.0 Å². The summed E-state index contributed by atoms with van der Waals surface area (Å²) in [6, 6.07) is 0. The second-order valence-corrected chi connectivity index (χ2v) is 8.28. The van der Waals surface area contributed by atoms with Crippen molar-refractivity contribution in [3.63, 3.8) is 0 Å². The van der Waals surface area contributed by atoms with Crippen LogP contribution in [-0.4, -0.2) is 68.5 Å². The zero-order chi connectivity index (χ0) is 19.9. The maximum absolute atomic E-state index is 13.0. The van der Waals surface area contributed by atoms with E-state index in [2.05, 4.69) is 11.7 Å². The number of carbonyl (C=O) groups is 2. The van der Waals surface area contributed by atoms with E-state index in [9.17, 15) is 14.7 Å². The Morgan fingerprint density at radius 1 is 1.41 bits per heavy atom. The van der Waals surface area contributed by atoms with Gasteiger partial charge in [-0.15, -0.1) is 6.58 Å². The maximum Gasteiger partial charge on any atom is 0.410 e. The van der Waals surface area contributed by atoms with Crippen LogP contribution in [0.25, 0.3) is 0 Å². The fourth-order valence-electron chi connectivity index (χ4n) is 3.58. The van der Waals surface area contributed by atoms with Gasteiger partial charge in [-0.25, -0.2) is 4.79 Å². The lowest BCUT2D eigenvalue weighted by atomic mass is 10.0. The largest absolute Gasteiger partial charge is 0.444 e. The van der Waals surface area contributed by atoms with Crippen LogP contribution in [0.3, 0.4) is 0 Å². The van der Waals surface area contributed by atoms with Crippen molar-refractivity contribution in [2.75, 3.05) is 20.1 Å². The molecule has 2 unspecified atom stereocenters. The first kappa shape index (κ1) is 19.4. The summed E-state index contributed by atoms with van der Waals surface area (Å²) >= 11 is 0. The van der Waals surface area contributed by atoms with Crippen LogP contribution in [-0.2, 0) is 24.2 Å². The minimum atomic E-state index is -0.717. The minimum absolute atomic E-state index is 0.145. The van der Waals surface area contributed by atoms with E-state index in [1.807, 2.05) is 20.8 Å². The Hall–Kier alpha value is -2.35. The SMILES string of the molecule is C=CC(O)C1CN(C)C(=O)c2c3c(nn2C1)CCN(C(=O)OC(C)(C)C)C3. The second-order valence-electron chi connectivity index (χ2n) is 8.28. The van der Waals surface area contributed by atoms with Crippen molar-refractivity contribution in [3.8, 4) is 0 Å². The van der Waals surface area contributed by atoms with Gasteiger partial charge in [0.2, 0.25) is 0 Å². The van der Waals surface area contributed by atoms with Crippen molar-refractivity contribution in [1.29, 1.82) is 0 Å². The number of rotatable bonds is 2. The van der Waals surface area contributed by atoms with Crippen molar-refractivity contribution in [1.82, 2.24) is 19.6 Å². The topological polar surface area (TPSA) is 87.9 Å². The fraction of sp³-hybridized carbons (Fsp3) is 0.632. The Kier molecular flexibility index (Phi) is 5.03. The molecule has 2 aliphatic rings. The maximum atomic E-state index is 13.0. The van der Waals surface area contributed by atoms with E-state index in [1.165, 1.54) is 6.08 Å². The third-order valence-corrected chi connectivity index (χ3v) is 4.94. The molecule has 1 aromatic heterocycles. The molecule has 0 aliphatic carbocycles. The highest BCUT2D eigenvalue weighted by atomic mass is 16.6. The van der Waals surface area contributed by atoms with Crippen molar-refractivity contribution < 1.29 is 19.4 Å². The van der Waals surface area contributed by atoms with Gasteiger partial charge in [-0.2, -0.15) is 5.10 Å². The fourth-order valence-corrected chi connectivity index (χ4v) is 3.58. The number of hydrogen-bond acceptors (Lipinski definition) is 5. The molecule has 3 rings (SSSR count). The molecule has 1 aromatic rings. The van der Waals surface area contributed by atoms with Gasteiger partial charge in [-0.1, -0.05) is 6.08 Å². The number of fused-ring (bicyclic) bond motifs is 3. The molecule has 8 heteroatoms. The van der Waals surface area contributed by atoms with E-state index in [1.54, 1.807) is 21.5 Å². The van der Waals surface area contributed by atoms with Gasteiger partial charge in [-0.3, -0.25) is 9.48 Å². The van der Waals surface area contributed by atoms with Gasteiger partial charge in [0.25, 0.3) is 5.91 Å². The summed E-state index contributed by atoms with van der Waals surface area (Å²) in [5.41, 5.74) is 1.54. The smallest absolute Gasteiger partial charge is 0.410 e. The van der Waals surface area contributed by atoms with Gasteiger partial charge in [0.05, 0.1) is 18.3 Å². The summed E-state index contributed by atoms with van der Waals surface area (Å²) in [4.78, 5) is 28.6. The van der Waals surface area contributed by atoms with Crippen LogP contribution in [0.5, 0.6) is 0 Å². The van der Waals surface area contributed by atoms with E-state index >= 15 is 0 Å². The standard InChI is InChI=1S/C19H28N4O4/c1-6-15(24)12-9-21(5)17(25)16-13-11-22(18(26)27-19(2,3)4)8-7-14(13)20-23(16)10-12/h6,12,15,24H,1,7-11H2,2-5H3. The third kappa shape index (κ3) is 3.85. The molecule has 0 spiro atoms. The number of aromatic nitrogens is 2. The Bertz CT molecular complexity index is 764. The predicted octanol–water partition coefficient (Wildman–Crippen LogP) is 1.42. The van der Waals surface area contributed by atoms with Crippen molar-refractivity contribution in [3.05, 3.63) is 29.6 Å². The summed E-state index contributed by atoms with van der Waals surface area (Å²) < 4.78 is 7.16. The number of amides is 2. The predicted molar refractivity (Wildman–Crippen MR) is 99.2 cm³/mol. The van der Waals surface area contributed by atoms with Crippen LogP contribution >= 0.6 is 0 Å². The summed E-state index contributed by atoms with van der Waals surface area (Å²) in [7, 11) is 1.72. The van der Waals surface area contributed by atoms with Crippen molar-refractivity contribution in [2.24, 2.45) is 5.92 Å². The molecule has 3 heterocycles. The molecule has 27 heavy (non-hydrogen) atoms. The molecule has 8 nitrogen and oxygen atoms in total. The molecule has 0 fully saturated rings. The zero-order valence-corrected chi connectivity index (χ0v) is 16.4. The van der Waals surface area contributed by atoms with Crippen LogP contribution < -0.4 is 0 Å². The molecule has 0 radical (unpaired) electrons. The molecule has 1 N–H and O–H groups in total. The zero-order valence-electron chi connectivity index (χ0n) is 16.4. The summed E-state index contributed by atoms with van der Waals surface area (Å²) in [5.74, 6) is -0.324. The van der Waals surface area contributed by atoms with E-state index in [0.29, 0.717) is 38.3 Å². The second kappa shape index (κ2) is 6.99. The lowest BCUT2D eigenvalue weighted by Gasteiger charge is -2.30. The number of aliphatic hydroxyl groups is 1. The Morgan fingerprint density at radius 2 is 2.11 bits per heavy atom. The Labute approximate surface area is 159 Å². The number of hydrogen-bond donors (Lipinski definition) is 1. The normalized spacial score (nSPS) is 21.2. The molecular formula is C19H28N4O4. The number of carbonyl (C=O) groups excluding carboxylic acids is 2. The summed E-state index contributed by atoms with van der Waals surface area (Å²) in [5, 5.41) is 14.8. The molecule has 0 bridgehead atoms. The van der Waals surface area contributed by atoms with Crippen LogP contribution in [0.15, 0.2) is 12.7 Å². The first-order valence-electron chi connectivity index (χ1n) is 9.23. The van der Waals surface area contributed by atoms with Crippen LogP contribution in [0, 0.1) is 5.92 Å². The first-order chi connectivity index (χ1) is 12.6. The molecule has 2 amide bonds. The van der Waals surface area contributed by atoms with Gasteiger partial charge in [-0.05, 0) is 20.8 Å². The third-order valence-electron chi connectivity index (χ3n) is 4.94. The summed E-state index contributed by atoms with van der Waals surface area (Å²) in [6.45, 7) is 10.8. The van der Waals surface area contributed by atoms with E-state index < -0.39 is 11.7 Å². The van der Waals surface area contributed by atoms with Gasteiger partial charge in [0.1, 0.15) is 11.3 Å². The molecular weight excluding hydrogens is 348 g/mol. The van der Waals surface area contributed by atoms with E-state index in [-0.39, 0.29) is 17.9 Å². The van der Waals surface area contributed by atoms with Gasteiger partial charge < -0.3 is 19.6 Å². The Morgan fingerprint density at radius 3 is 2.74 bits per heavy atom. The number of aliphatic hydroxyl groups excluding tert-OH is 1. The van der Waals surface area contributed by atoms with Crippen molar-refractivity contribution in [2.45, 2.75) is 52.0 Å². The lowest BCUT2D eigenvalue weighted by Crippen LogP contribution is -2.40. The number of nitrogens with zero attached hydrogens (tertiary/aromatic N) is 4.